The lowest BCUT2D eigenvalue weighted by molar-refractivity contribution is 0.479. The molecule has 0 atom stereocenters. The summed E-state index contributed by atoms with van der Waals surface area (Å²) in [4.78, 5) is -0.177. The van der Waals surface area contributed by atoms with Crippen LogP contribution in [0.25, 0.3) is 0 Å². The highest BCUT2D eigenvalue weighted by molar-refractivity contribution is 7.89. The molecular weight excluding hydrogens is 276 g/mol. The van der Waals surface area contributed by atoms with Gasteiger partial charge in [-0.1, -0.05) is 11.6 Å². The molecule has 94 valence electrons. The molecule has 8 heteroatoms. The fourth-order valence-electron chi connectivity index (χ4n) is 1.25. The van der Waals surface area contributed by atoms with E-state index >= 15 is 0 Å². The van der Waals surface area contributed by atoms with E-state index < -0.39 is 23.1 Å². The van der Waals surface area contributed by atoms with Gasteiger partial charge < -0.3 is 5.73 Å². The Bertz CT molecular complexity index is 614. The maximum absolute atomic E-state index is 12.1. The number of nitrogens with two attached hydrogens (primary N) is 1. The zero-order chi connectivity index (χ0) is 13.8. The lowest BCUT2D eigenvalue weighted by Crippen LogP contribution is -2.32. The van der Waals surface area contributed by atoms with Crippen LogP contribution in [0.4, 0.5) is 5.69 Å². The Labute approximate surface area is 110 Å². The number of benzene rings is 1. The second-order valence-corrected chi connectivity index (χ2v) is 5.59. The highest BCUT2D eigenvalue weighted by Crippen LogP contribution is 2.26. The van der Waals surface area contributed by atoms with Crippen molar-refractivity contribution in [3.8, 4) is 12.1 Å². The SMILES string of the molecule is N#CCN(CC#N)S(=O)(=O)c1ccc(N)cc1Cl. The molecule has 0 aromatic heterocycles. The van der Waals surface area contributed by atoms with Crippen LogP contribution in [-0.2, 0) is 10.0 Å². The molecule has 0 heterocycles. The number of anilines is 1. The molecule has 0 saturated carbocycles. The van der Waals surface area contributed by atoms with Gasteiger partial charge in [0.15, 0.2) is 0 Å². The van der Waals surface area contributed by atoms with Crippen LogP contribution >= 0.6 is 11.6 Å². The molecule has 0 spiro atoms. The van der Waals surface area contributed by atoms with Gasteiger partial charge in [-0.15, -0.1) is 0 Å². The van der Waals surface area contributed by atoms with E-state index in [9.17, 15) is 8.42 Å². The molecule has 0 radical (unpaired) electrons. The van der Waals surface area contributed by atoms with Gasteiger partial charge in [-0.05, 0) is 18.2 Å². The summed E-state index contributed by atoms with van der Waals surface area (Å²) in [6.07, 6.45) is 0. The van der Waals surface area contributed by atoms with Crippen LogP contribution in [0.5, 0.6) is 0 Å². The summed E-state index contributed by atoms with van der Waals surface area (Å²) in [5.41, 5.74) is 5.79. The van der Waals surface area contributed by atoms with Crippen LogP contribution in [0.2, 0.25) is 5.02 Å². The number of hydrogen-bond donors (Lipinski definition) is 1. The van der Waals surface area contributed by atoms with Gasteiger partial charge in [0.05, 0.1) is 17.2 Å². The van der Waals surface area contributed by atoms with E-state index in [-0.39, 0.29) is 9.92 Å². The van der Waals surface area contributed by atoms with Crippen molar-refractivity contribution in [2.24, 2.45) is 0 Å². The average molecular weight is 285 g/mol. The first kappa shape index (κ1) is 14.3. The molecular formula is C10H9ClN4O2S. The number of nitrogens with zero attached hydrogens (tertiary/aromatic N) is 3. The molecule has 18 heavy (non-hydrogen) atoms. The predicted octanol–water partition coefficient (Wildman–Crippen LogP) is 0.960. The first-order valence-corrected chi connectivity index (χ1v) is 6.54. The molecule has 1 aromatic carbocycles. The van der Waals surface area contributed by atoms with Gasteiger partial charge >= 0.3 is 0 Å². The molecule has 1 aromatic rings. The minimum atomic E-state index is -3.97. The molecule has 6 nitrogen and oxygen atoms in total. The van der Waals surface area contributed by atoms with Crippen LogP contribution in [0.3, 0.4) is 0 Å². The molecule has 0 amide bonds. The Kier molecular flexibility index (Phi) is 4.51. The standard InChI is InChI=1S/C10H9ClN4O2S/c11-9-7-8(14)1-2-10(9)18(16,17)15(5-3-12)6-4-13/h1-2,7H,5-6,14H2. The van der Waals surface area contributed by atoms with Gasteiger partial charge in [0.2, 0.25) is 10.0 Å². The Balaban J connectivity index is 3.28. The smallest absolute Gasteiger partial charge is 0.246 e. The zero-order valence-electron chi connectivity index (χ0n) is 9.17. The van der Waals surface area contributed by atoms with Gasteiger partial charge in [-0.3, -0.25) is 0 Å². The van der Waals surface area contributed by atoms with Crippen molar-refractivity contribution >= 4 is 27.3 Å². The molecule has 0 aliphatic carbocycles. The highest BCUT2D eigenvalue weighted by Gasteiger charge is 2.26. The van der Waals surface area contributed by atoms with Gasteiger partial charge in [-0.25, -0.2) is 8.42 Å². The van der Waals surface area contributed by atoms with Crippen LogP contribution in [-0.4, -0.2) is 25.8 Å². The topological polar surface area (TPSA) is 111 Å². The summed E-state index contributed by atoms with van der Waals surface area (Å²) in [5, 5.41) is 17.1. The van der Waals surface area contributed by atoms with Crippen LogP contribution in [0.15, 0.2) is 23.1 Å². The van der Waals surface area contributed by atoms with Gasteiger partial charge in [0.1, 0.15) is 18.0 Å². The van der Waals surface area contributed by atoms with Crippen LogP contribution in [0, 0.1) is 22.7 Å². The summed E-state index contributed by atoms with van der Waals surface area (Å²) >= 11 is 5.81. The van der Waals surface area contributed by atoms with Crippen molar-refractivity contribution in [2.75, 3.05) is 18.8 Å². The summed E-state index contributed by atoms with van der Waals surface area (Å²) in [6, 6.07) is 7.30. The molecule has 2 N–H and O–H groups in total. The third kappa shape index (κ3) is 2.90. The second kappa shape index (κ2) is 5.69. The van der Waals surface area contributed by atoms with Crippen molar-refractivity contribution < 1.29 is 8.42 Å². The zero-order valence-corrected chi connectivity index (χ0v) is 10.7. The van der Waals surface area contributed by atoms with E-state index in [1.165, 1.54) is 18.2 Å². The van der Waals surface area contributed by atoms with E-state index in [1.807, 2.05) is 0 Å². The molecule has 0 aliphatic rings. The van der Waals surface area contributed by atoms with Gasteiger partial charge in [0, 0.05) is 5.69 Å². The van der Waals surface area contributed by atoms with E-state index in [2.05, 4.69) is 0 Å². The third-order valence-corrected chi connectivity index (χ3v) is 4.34. The lowest BCUT2D eigenvalue weighted by atomic mass is 10.3. The Morgan fingerprint density at radius 2 is 1.83 bits per heavy atom. The molecule has 1 rings (SSSR count). The van der Waals surface area contributed by atoms with Crippen molar-refractivity contribution in [1.82, 2.24) is 4.31 Å². The molecule has 0 saturated heterocycles. The first-order valence-electron chi connectivity index (χ1n) is 4.72. The quantitative estimate of drug-likeness (QED) is 0.654. The molecule has 0 bridgehead atoms. The van der Waals surface area contributed by atoms with Crippen molar-refractivity contribution in [3.05, 3.63) is 23.2 Å². The molecule has 0 fully saturated rings. The highest BCUT2D eigenvalue weighted by atomic mass is 35.5. The largest absolute Gasteiger partial charge is 0.399 e. The van der Waals surface area contributed by atoms with Crippen molar-refractivity contribution in [1.29, 1.82) is 10.5 Å². The predicted molar refractivity (Wildman–Crippen MR) is 65.8 cm³/mol. The fourth-order valence-corrected chi connectivity index (χ4v) is 3.01. The molecule has 0 unspecified atom stereocenters. The average Bonchev–Trinajstić information content (AvgIpc) is 2.28. The molecule has 0 aliphatic heterocycles. The maximum atomic E-state index is 12.1. The summed E-state index contributed by atoms with van der Waals surface area (Å²) in [7, 11) is -3.97. The fraction of sp³-hybridized carbons (Fsp3) is 0.200. The Morgan fingerprint density at radius 1 is 1.28 bits per heavy atom. The second-order valence-electron chi connectivity index (χ2n) is 3.28. The number of nitriles is 2. The van der Waals surface area contributed by atoms with Gasteiger partial charge in [0.25, 0.3) is 0 Å². The van der Waals surface area contributed by atoms with E-state index in [0.29, 0.717) is 5.69 Å². The Hall–Kier alpha value is -1.80. The van der Waals surface area contributed by atoms with E-state index in [1.54, 1.807) is 12.1 Å². The van der Waals surface area contributed by atoms with Crippen molar-refractivity contribution in [2.45, 2.75) is 4.90 Å². The number of nitrogen functional groups attached to an aromatic ring is 1. The maximum Gasteiger partial charge on any atom is 0.246 e. The first-order chi connectivity index (χ1) is 8.43. The number of halogens is 1. The van der Waals surface area contributed by atoms with E-state index in [0.717, 1.165) is 4.31 Å². The van der Waals surface area contributed by atoms with Crippen LogP contribution < -0.4 is 5.73 Å². The minimum absolute atomic E-state index is 0.0455. The summed E-state index contributed by atoms with van der Waals surface area (Å²) < 4.78 is 25.0. The normalized spacial score (nSPS) is 10.9. The monoisotopic (exact) mass is 284 g/mol. The number of rotatable bonds is 4. The number of hydrogen-bond acceptors (Lipinski definition) is 5. The lowest BCUT2D eigenvalue weighted by Gasteiger charge is -2.16. The van der Waals surface area contributed by atoms with Crippen LogP contribution in [0.1, 0.15) is 0 Å². The number of sulfonamides is 1. The third-order valence-electron chi connectivity index (χ3n) is 2.07. The summed E-state index contributed by atoms with van der Waals surface area (Å²) in [6.45, 7) is -0.840. The van der Waals surface area contributed by atoms with Crippen molar-refractivity contribution in [3.63, 3.8) is 0 Å². The Morgan fingerprint density at radius 3 is 2.28 bits per heavy atom. The van der Waals surface area contributed by atoms with Gasteiger partial charge in [-0.2, -0.15) is 14.8 Å². The minimum Gasteiger partial charge on any atom is -0.399 e. The van der Waals surface area contributed by atoms with E-state index in [4.69, 9.17) is 27.9 Å². The summed E-state index contributed by atoms with van der Waals surface area (Å²) in [5.74, 6) is 0.